The lowest BCUT2D eigenvalue weighted by atomic mass is 10.0. The quantitative estimate of drug-likeness (QED) is 0.395. The molecule has 0 fully saturated rings. The second-order valence-corrected chi connectivity index (χ2v) is 9.68. The van der Waals surface area contributed by atoms with Crippen LogP contribution in [0.4, 0.5) is 4.79 Å². The van der Waals surface area contributed by atoms with E-state index in [9.17, 15) is 9.59 Å². The molecule has 180 valence electrons. The zero-order valence-corrected chi connectivity index (χ0v) is 20.1. The maximum Gasteiger partial charge on any atom is 0.410 e. The van der Waals surface area contributed by atoms with Gasteiger partial charge in [-0.1, -0.05) is 30.3 Å². The topological polar surface area (TPSA) is 73.9 Å². The Kier molecular flexibility index (Phi) is 5.84. The summed E-state index contributed by atoms with van der Waals surface area (Å²) < 4.78 is 19.0. The van der Waals surface area contributed by atoms with E-state index in [1.54, 1.807) is 21.7 Å². The SMILES string of the molecule is CC(C)(C)OC(=O)N1CCc2c(oc3cc(-n4ccc(OCc5ccccc5)cc4=O)ccc23)C1. The fourth-order valence-electron chi connectivity index (χ4n) is 4.23. The Morgan fingerprint density at radius 2 is 1.86 bits per heavy atom. The standard InChI is InChI=1S/C28H28N2O5/c1-28(2,3)35-27(32)29-13-12-23-22-10-9-20(15-24(22)34-25(23)17-29)30-14-11-21(16-26(30)31)33-18-19-7-5-4-6-8-19/h4-11,14-16H,12-13,17-18H2,1-3H3. The molecule has 0 N–H and O–H groups in total. The molecule has 1 amide bonds. The number of fused-ring (bicyclic) bond motifs is 3. The van der Waals surface area contributed by atoms with Crippen molar-refractivity contribution in [3.05, 3.63) is 94.1 Å². The first-order valence-corrected chi connectivity index (χ1v) is 11.7. The predicted molar refractivity (Wildman–Crippen MR) is 133 cm³/mol. The van der Waals surface area contributed by atoms with Crippen molar-refractivity contribution in [1.82, 2.24) is 9.47 Å². The highest BCUT2D eigenvalue weighted by Gasteiger charge is 2.29. The van der Waals surface area contributed by atoms with Crippen LogP contribution in [-0.4, -0.2) is 27.7 Å². The Balaban J connectivity index is 1.35. The van der Waals surface area contributed by atoms with Gasteiger partial charge in [0.1, 0.15) is 29.3 Å². The highest BCUT2D eigenvalue weighted by Crippen LogP contribution is 2.32. The monoisotopic (exact) mass is 472 g/mol. The van der Waals surface area contributed by atoms with Gasteiger partial charge in [0.25, 0.3) is 5.56 Å². The largest absolute Gasteiger partial charge is 0.489 e. The molecule has 1 aliphatic rings. The zero-order chi connectivity index (χ0) is 24.6. The molecule has 2 aromatic carbocycles. The summed E-state index contributed by atoms with van der Waals surface area (Å²) in [5.41, 5.74) is 2.79. The fraction of sp³-hybridized carbons (Fsp3) is 0.286. The molecule has 3 heterocycles. The number of hydrogen-bond acceptors (Lipinski definition) is 5. The van der Waals surface area contributed by atoms with Gasteiger partial charge in [-0.05, 0) is 51.0 Å². The van der Waals surface area contributed by atoms with Crippen LogP contribution < -0.4 is 10.3 Å². The Bertz CT molecular complexity index is 1430. The highest BCUT2D eigenvalue weighted by atomic mass is 16.6. The number of rotatable bonds is 4. The van der Waals surface area contributed by atoms with E-state index in [4.69, 9.17) is 13.9 Å². The fourth-order valence-corrected chi connectivity index (χ4v) is 4.23. The molecule has 7 nitrogen and oxygen atoms in total. The number of nitrogens with zero attached hydrogens (tertiary/aromatic N) is 2. The van der Waals surface area contributed by atoms with Crippen LogP contribution >= 0.6 is 0 Å². The lowest BCUT2D eigenvalue weighted by molar-refractivity contribution is 0.0210. The third-order valence-electron chi connectivity index (χ3n) is 5.90. The zero-order valence-electron chi connectivity index (χ0n) is 20.1. The van der Waals surface area contributed by atoms with Gasteiger partial charge < -0.3 is 18.8 Å². The number of benzene rings is 2. The second-order valence-electron chi connectivity index (χ2n) is 9.68. The van der Waals surface area contributed by atoms with Crippen molar-refractivity contribution < 1.29 is 18.7 Å². The van der Waals surface area contributed by atoms with Gasteiger partial charge in [-0.2, -0.15) is 0 Å². The highest BCUT2D eigenvalue weighted by molar-refractivity contribution is 5.84. The van der Waals surface area contributed by atoms with Gasteiger partial charge in [0.15, 0.2) is 0 Å². The minimum Gasteiger partial charge on any atom is -0.489 e. The van der Waals surface area contributed by atoms with E-state index in [1.807, 2.05) is 69.3 Å². The summed E-state index contributed by atoms with van der Waals surface area (Å²) in [5, 5.41) is 1.00. The molecule has 0 radical (unpaired) electrons. The smallest absolute Gasteiger partial charge is 0.410 e. The van der Waals surface area contributed by atoms with E-state index in [2.05, 4.69) is 0 Å². The first-order valence-electron chi connectivity index (χ1n) is 11.7. The Hall–Kier alpha value is -4.00. The predicted octanol–water partition coefficient (Wildman–Crippen LogP) is 5.46. The van der Waals surface area contributed by atoms with E-state index < -0.39 is 5.60 Å². The molecule has 4 aromatic rings. The summed E-state index contributed by atoms with van der Waals surface area (Å²) in [6.07, 6.45) is 2.05. The molecule has 2 aromatic heterocycles. The van der Waals surface area contributed by atoms with Gasteiger partial charge in [-0.3, -0.25) is 9.36 Å². The van der Waals surface area contributed by atoms with Crippen molar-refractivity contribution in [3.63, 3.8) is 0 Å². The third-order valence-corrected chi connectivity index (χ3v) is 5.90. The van der Waals surface area contributed by atoms with Crippen LogP contribution in [0.15, 0.2) is 76.1 Å². The summed E-state index contributed by atoms with van der Waals surface area (Å²) in [5.74, 6) is 1.28. The molecular formula is C28H28N2O5. The molecule has 5 rings (SSSR count). The van der Waals surface area contributed by atoms with Crippen molar-refractivity contribution in [2.45, 2.75) is 45.9 Å². The van der Waals surface area contributed by atoms with E-state index in [-0.39, 0.29) is 11.7 Å². The van der Waals surface area contributed by atoms with Crippen LogP contribution in [0.1, 0.15) is 37.7 Å². The van der Waals surface area contributed by atoms with E-state index in [1.165, 1.54) is 6.07 Å². The summed E-state index contributed by atoms with van der Waals surface area (Å²) in [6.45, 7) is 6.89. The van der Waals surface area contributed by atoms with Crippen molar-refractivity contribution >= 4 is 17.1 Å². The van der Waals surface area contributed by atoms with Crippen molar-refractivity contribution in [2.24, 2.45) is 0 Å². The molecule has 0 spiro atoms. The van der Waals surface area contributed by atoms with Crippen LogP contribution in [0.3, 0.4) is 0 Å². The van der Waals surface area contributed by atoms with Crippen LogP contribution in [0.25, 0.3) is 16.7 Å². The molecule has 0 saturated heterocycles. The number of amides is 1. The Morgan fingerprint density at radius 1 is 1.06 bits per heavy atom. The van der Waals surface area contributed by atoms with Crippen LogP contribution in [0.2, 0.25) is 0 Å². The number of carbonyl (C=O) groups excluding carboxylic acids is 1. The Morgan fingerprint density at radius 3 is 2.60 bits per heavy atom. The number of ether oxygens (including phenoxy) is 2. The average Bonchev–Trinajstić information content (AvgIpc) is 3.19. The van der Waals surface area contributed by atoms with Gasteiger partial charge in [-0.25, -0.2) is 4.79 Å². The molecule has 7 heteroatoms. The van der Waals surface area contributed by atoms with Crippen LogP contribution in [-0.2, 0) is 24.3 Å². The number of hydrogen-bond donors (Lipinski definition) is 0. The second kappa shape index (κ2) is 8.98. The van der Waals surface area contributed by atoms with E-state index in [0.717, 1.165) is 22.3 Å². The van der Waals surface area contributed by atoms with Gasteiger partial charge >= 0.3 is 6.09 Å². The molecule has 0 atom stereocenters. The van der Waals surface area contributed by atoms with E-state index >= 15 is 0 Å². The molecule has 0 bridgehead atoms. The summed E-state index contributed by atoms with van der Waals surface area (Å²) in [7, 11) is 0. The van der Waals surface area contributed by atoms with Gasteiger partial charge in [0.2, 0.25) is 0 Å². The summed E-state index contributed by atoms with van der Waals surface area (Å²) in [4.78, 5) is 27.0. The summed E-state index contributed by atoms with van der Waals surface area (Å²) in [6, 6.07) is 18.8. The van der Waals surface area contributed by atoms with Gasteiger partial charge in [0, 0.05) is 35.8 Å². The molecular weight excluding hydrogens is 444 g/mol. The lowest BCUT2D eigenvalue weighted by Crippen LogP contribution is -2.39. The van der Waals surface area contributed by atoms with E-state index in [0.29, 0.717) is 43.1 Å². The number of carbonyl (C=O) groups is 1. The normalized spacial score (nSPS) is 13.5. The maximum absolute atomic E-state index is 12.8. The lowest BCUT2D eigenvalue weighted by Gasteiger charge is -2.29. The molecule has 0 aliphatic carbocycles. The third kappa shape index (κ3) is 4.94. The van der Waals surface area contributed by atoms with Crippen molar-refractivity contribution in [2.75, 3.05) is 6.54 Å². The molecule has 0 saturated carbocycles. The number of aromatic nitrogens is 1. The maximum atomic E-state index is 12.8. The summed E-state index contributed by atoms with van der Waals surface area (Å²) >= 11 is 0. The van der Waals surface area contributed by atoms with Crippen molar-refractivity contribution in [3.8, 4) is 11.4 Å². The van der Waals surface area contributed by atoms with Crippen LogP contribution in [0, 0.1) is 0 Å². The number of pyridine rings is 1. The van der Waals surface area contributed by atoms with Gasteiger partial charge in [0.05, 0.1) is 12.2 Å². The average molecular weight is 473 g/mol. The number of furan rings is 1. The van der Waals surface area contributed by atoms with Crippen LogP contribution in [0.5, 0.6) is 5.75 Å². The van der Waals surface area contributed by atoms with Gasteiger partial charge in [-0.15, -0.1) is 0 Å². The first kappa shape index (κ1) is 22.8. The molecule has 35 heavy (non-hydrogen) atoms. The Labute approximate surface area is 203 Å². The minimum absolute atomic E-state index is 0.192. The molecule has 0 unspecified atom stereocenters. The first-order chi connectivity index (χ1) is 16.8. The van der Waals surface area contributed by atoms with Crippen molar-refractivity contribution in [1.29, 1.82) is 0 Å². The minimum atomic E-state index is -0.546. The molecule has 1 aliphatic heterocycles.